The number of hydrogen-bond acceptors (Lipinski definition) is 5. The lowest BCUT2D eigenvalue weighted by Gasteiger charge is -2.17. The van der Waals surface area contributed by atoms with Crippen LogP contribution in [0.5, 0.6) is 11.5 Å². The fraction of sp³-hybridized carbons (Fsp3) is 0.130. The molecular weight excluding hydrogens is 386 g/mol. The van der Waals surface area contributed by atoms with E-state index in [9.17, 15) is 5.26 Å². The molecule has 6 heteroatoms. The third kappa shape index (κ3) is 4.11. The van der Waals surface area contributed by atoms with Crippen molar-refractivity contribution in [1.82, 2.24) is 4.98 Å². The van der Waals surface area contributed by atoms with Gasteiger partial charge in [0.15, 0.2) is 11.5 Å². The topological polar surface area (TPSA) is 81.2 Å². The minimum atomic E-state index is 0.0556. The number of ether oxygens (including phenoxy) is 2. The second-order valence-electron chi connectivity index (χ2n) is 6.00. The molecule has 0 saturated carbocycles. The van der Waals surface area contributed by atoms with Gasteiger partial charge in [-0.2, -0.15) is 5.26 Å². The third-order valence-corrected chi connectivity index (χ3v) is 4.48. The summed E-state index contributed by atoms with van der Waals surface area (Å²) < 4.78 is 11.3. The Bertz CT molecular complexity index is 1120. The number of aromatic nitrogens is 1. The van der Waals surface area contributed by atoms with Crippen molar-refractivity contribution in [3.63, 3.8) is 0 Å². The first-order valence-electron chi connectivity index (χ1n) is 8.87. The summed E-state index contributed by atoms with van der Waals surface area (Å²) in [7, 11) is 0. The van der Waals surface area contributed by atoms with Gasteiger partial charge >= 0.3 is 0 Å². The first kappa shape index (κ1) is 20.1. The molecule has 1 aromatic heterocycles. The van der Waals surface area contributed by atoms with Crippen LogP contribution in [0.4, 0.5) is 5.82 Å². The number of nitrogens with zero attached hydrogens (tertiary/aromatic N) is 2. The molecule has 0 atom stereocenters. The lowest BCUT2D eigenvalue weighted by Crippen LogP contribution is -2.02. The van der Waals surface area contributed by atoms with Gasteiger partial charge in [-0.3, -0.25) is 0 Å². The Kier molecular flexibility index (Phi) is 6.24. The number of rotatable bonds is 6. The minimum absolute atomic E-state index is 0.0556. The summed E-state index contributed by atoms with van der Waals surface area (Å²) in [6, 6.07) is 15.3. The van der Waals surface area contributed by atoms with Gasteiger partial charge in [0.1, 0.15) is 24.1 Å². The van der Waals surface area contributed by atoms with Crippen LogP contribution in [0.3, 0.4) is 0 Å². The van der Waals surface area contributed by atoms with E-state index in [0.29, 0.717) is 34.3 Å². The molecule has 2 N–H and O–H groups in total. The average Bonchev–Trinajstić information content (AvgIpc) is 2.73. The number of hydrogen-bond donors (Lipinski definition) is 1. The standard InChI is InChI=1S/C23H18ClN3O2/c1-3-10-29-22-19(24)11-16(12-20(22)28-4-2)21-17(13-25)23(26)27-14-18(21)15-8-6-5-7-9-15/h1,5-9,11-12,14H,4,10H2,2H3,(H2,26,27). The quantitative estimate of drug-likeness (QED) is 0.590. The maximum atomic E-state index is 9.76. The number of benzene rings is 2. The van der Waals surface area contributed by atoms with E-state index in [-0.39, 0.29) is 18.0 Å². The molecule has 5 nitrogen and oxygen atoms in total. The summed E-state index contributed by atoms with van der Waals surface area (Å²) in [6.07, 6.45) is 6.95. The second-order valence-corrected chi connectivity index (χ2v) is 6.40. The third-order valence-electron chi connectivity index (χ3n) is 4.20. The van der Waals surface area contributed by atoms with Crippen molar-refractivity contribution in [2.45, 2.75) is 6.92 Å². The second kappa shape index (κ2) is 9.01. The van der Waals surface area contributed by atoms with Crippen LogP contribution in [0.15, 0.2) is 48.7 Å². The molecule has 29 heavy (non-hydrogen) atoms. The van der Waals surface area contributed by atoms with E-state index in [2.05, 4.69) is 17.0 Å². The Balaban J connectivity index is 2.29. The predicted molar refractivity (Wildman–Crippen MR) is 115 cm³/mol. The Morgan fingerprint density at radius 2 is 1.93 bits per heavy atom. The van der Waals surface area contributed by atoms with Crippen LogP contribution in [0.25, 0.3) is 22.3 Å². The van der Waals surface area contributed by atoms with Crippen molar-refractivity contribution in [3.05, 3.63) is 59.2 Å². The Morgan fingerprint density at radius 3 is 2.59 bits per heavy atom. The summed E-state index contributed by atoms with van der Waals surface area (Å²) in [4.78, 5) is 4.20. The molecule has 0 aliphatic carbocycles. The molecule has 3 rings (SSSR count). The van der Waals surface area contributed by atoms with Gasteiger partial charge in [0.25, 0.3) is 0 Å². The van der Waals surface area contributed by atoms with Crippen molar-refractivity contribution in [2.75, 3.05) is 18.9 Å². The summed E-state index contributed by atoms with van der Waals surface area (Å²) >= 11 is 6.49. The molecule has 144 valence electrons. The summed E-state index contributed by atoms with van der Waals surface area (Å²) in [6.45, 7) is 2.31. The highest BCUT2D eigenvalue weighted by atomic mass is 35.5. The molecule has 2 aromatic carbocycles. The number of nitriles is 1. The van der Waals surface area contributed by atoms with Crippen LogP contribution in [0.1, 0.15) is 12.5 Å². The number of nitrogens with two attached hydrogens (primary N) is 1. The van der Waals surface area contributed by atoms with Gasteiger partial charge in [-0.05, 0) is 30.2 Å². The molecule has 0 fully saturated rings. The van der Waals surface area contributed by atoms with Crippen LogP contribution >= 0.6 is 11.6 Å². The SMILES string of the molecule is C#CCOc1c(Cl)cc(-c2c(-c3ccccc3)cnc(N)c2C#N)cc1OCC. The van der Waals surface area contributed by atoms with Crippen LogP contribution < -0.4 is 15.2 Å². The van der Waals surface area contributed by atoms with Gasteiger partial charge in [-0.15, -0.1) is 6.42 Å². The number of nitrogen functional groups attached to an aromatic ring is 1. The smallest absolute Gasteiger partial charge is 0.181 e. The van der Waals surface area contributed by atoms with Crippen LogP contribution in [-0.2, 0) is 0 Å². The largest absolute Gasteiger partial charge is 0.490 e. The maximum absolute atomic E-state index is 9.76. The first-order chi connectivity index (χ1) is 14.1. The molecule has 3 aromatic rings. The van der Waals surface area contributed by atoms with Crippen molar-refractivity contribution in [3.8, 4) is 52.2 Å². The molecule has 0 unspecified atom stereocenters. The van der Waals surface area contributed by atoms with Gasteiger partial charge in [0.2, 0.25) is 0 Å². The van der Waals surface area contributed by atoms with E-state index in [1.165, 1.54) is 0 Å². The van der Waals surface area contributed by atoms with Crippen LogP contribution in [0, 0.1) is 23.7 Å². The molecule has 0 spiro atoms. The normalized spacial score (nSPS) is 10.1. The zero-order chi connectivity index (χ0) is 20.8. The van der Waals surface area contributed by atoms with E-state index < -0.39 is 0 Å². The molecule has 0 aliphatic heterocycles. The summed E-state index contributed by atoms with van der Waals surface area (Å²) in [5.41, 5.74) is 9.21. The maximum Gasteiger partial charge on any atom is 0.181 e. The highest BCUT2D eigenvalue weighted by Gasteiger charge is 2.20. The number of pyridine rings is 1. The molecule has 0 bridgehead atoms. The van der Waals surface area contributed by atoms with Crippen molar-refractivity contribution >= 4 is 17.4 Å². The first-order valence-corrected chi connectivity index (χ1v) is 9.25. The highest BCUT2D eigenvalue weighted by molar-refractivity contribution is 6.32. The van der Waals surface area contributed by atoms with Crippen LogP contribution in [0.2, 0.25) is 5.02 Å². The Morgan fingerprint density at radius 1 is 1.17 bits per heavy atom. The molecular formula is C23H18ClN3O2. The summed E-state index contributed by atoms with van der Waals surface area (Å²) in [5, 5.41) is 10.1. The molecule has 0 saturated heterocycles. The minimum Gasteiger partial charge on any atom is -0.490 e. The van der Waals surface area contributed by atoms with E-state index in [0.717, 1.165) is 11.1 Å². The zero-order valence-electron chi connectivity index (χ0n) is 15.8. The molecule has 0 amide bonds. The zero-order valence-corrected chi connectivity index (χ0v) is 16.5. The lowest BCUT2D eigenvalue weighted by molar-refractivity contribution is 0.299. The Labute approximate surface area is 174 Å². The molecule has 0 aliphatic rings. The van der Waals surface area contributed by atoms with Crippen LogP contribution in [-0.4, -0.2) is 18.2 Å². The fourth-order valence-corrected chi connectivity index (χ4v) is 3.27. The van der Waals surface area contributed by atoms with E-state index in [1.54, 1.807) is 18.3 Å². The predicted octanol–water partition coefficient (Wildman–Crippen LogP) is 4.93. The number of anilines is 1. The van der Waals surface area contributed by atoms with Gasteiger partial charge < -0.3 is 15.2 Å². The lowest BCUT2D eigenvalue weighted by atomic mass is 9.92. The molecule has 1 heterocycles. The van der Waals surface area contributed by atoms with Crippen molar-refractivity contribution < 1.29 is 9.47 Å². The van der Waals surface area contributed by atoms with E-state index >= 15 is 0 Å². The van der Waals surface area contributed by atoms with Gasteiger partial charge in [0.05, 0.1) is 11.6 Å². The fourth-order valence-electron chi connectivity index (χ4n) is 3.00. The monoisotopic (exact) mass is 403 g/mol. The van der Waals surface area contributed by atoms with Crippen molar-refractivity contribution in [1.29, 1.82) is 5.26 Å². The average molecular weight is 404 g/mol. The molecule has 0 radical (unpaired) electrons. The van der Waals surface area contributed by atoms with E-state index in [4.69, 9.17) is 33.2 Å². The van der Waals surface area contributed by atoms with E-state index in [1.807, 2.05) is 37.3 Å². The van der Waals surface area contributed by atoms with Crippen molar-refractivity contribution in [2.24, 2.45) is 0 Å². The van der Waals surface area contributed by atoms with Gasteiger partial charge in [0, 0.05) is 17.3 Å². The Hall–Kier alpha value is -3.67. The number of terminal acetylenes is 1. The highest BCUT2D eigenvalue weighted by Crippen LogP contribution is 2.43. The van der Waals surface area contributed by atoms with Gasteiger partial charge in [-0.25, -0.2) is 4.98 Å². The summed E-state index contributed by atoms with van der Waals surface area (Å²) in [5.74, 6) is 3.35. The van der Waals surface area contributed by atoms with Gasteiger partial charge in [-0.1, -0.05) is 47.9 Å². The number of halogens is 1.